The maximum atomic E-state index is 11.7. The standard InChI is InChI=1S/C20H43O4P.Zn/c1-3-5-7-9-11-13-15-17-19-23-25(21,22)24-20-18-16-14-12-10-8-6-4-2;/h3-20H2,1-2H3,(H,21,22);. The van der Waals surface area contributed by atoms with Gasteiger partial charge in [-0.3, -0.25) is 9.05 Å². The molecule has 0 radical (unpaired) electrons. The molecule has 6 heteroatoms. The maximum absolute atomic E-state index is 11.7. The van der Waals surface area contributed by atoms with Gasteiger partial charge in [0.2, 0.25) is 0 Å². The van der Waals surface area contributed by atoms with Crippen LogP contribution in [0.25, 0.3) is 0 Å². The molecule has 0 saturated heterocycles. The molecule has 26 heavy (non-hydrogen) atoms. The van der Waals surface area contributed by atoms with Crippen LogP contribution in [-0.4, -0.2) is 18.1 Å². The van der Waals surface area contributed by atoms with Crippen molar-refractivity contribution in [3.63, 3.8) is 0 Å². The normalized spacial score (nSPS) is 11.5. The third-order valence-electron chi connectivity index (χ3n) is 4.50. The summed E-state index contributed by atoms with van der Waals surface area (Å²) in [5, 5.41) is 0. The Kier molecular flexibility index (Phi) is 24.5. The van der Waals surface area contributed by atoms with Crippen LogP contribution in [0, 0.1) is 0 Å². The molecule has 0 aliphatic heterocycles. The van der Waals surface area contributed by atoms with Crippen LogP contribution < -0.4 is 0 Å². The monoisotopic (exact) mass is 442 g/mol. The zero-order chi connectivity index (χ0) is 18.6. The first-order valence-corrected chi connectivity index (χ1v) is 12.2. The minimum Gasteiger partial charge on any atom is -0.302 e. The second-order valence-electron chi connectivity index (χ2n) is 7.08. The summed E-state index contributed by atoms with van der Waals surface area (Å²) in [5.74, 6) is 0. The first kappa shape index (κ1) is 28.9. The van der Waals surface area contributed by atoms with E-state index < -0.39 is 7.82 Å². The van der Waals surface area contributed by atoms with Gasteiger partial charge in [0.05, 0.1) is 13.2 Å². The van der Waals surface area contributed by atoms with E-state index in [0.717, 1.165) is 25.7 Å². The Labute approximate surface area is 175 Å². The van der Waals surface area contributed by atoms with Crippen LogP contribution in [0.2, 0.25) is 0 Å². The molecule has 0 aromatic heterocycles. The van der Waals surface area contributed by atoms with Gasteiger partial charge in [-0.1, -0.05) is 104 Å². The first-order valence-electron chi connectivity index (χ1n) is 10.7. The predicted molar refractivity (Wildman–Crippen MR) is 107 cm³/mol. The van der Waals surface area contributed by atoms with Gasteiger partial charge < -0.3 is 4.89 Å². The molecule has 0 spiro atoms. The summed E-state index contributed by atoms with van der Waals surface area (Å²) in [4.78, 5) is 9.63. The van der Waals surface area contributed by atoms with Gasteiger partial charge in [0, 0.05) is 19.5 Å². The molecule has 154 valence electrons. The fraction of sp³-hybridized carbons (Fsp3) is 1.00. The average molecular weight is 444 g/mol. The molecule has 0 aliphatic carbocycles. The van der Waals surface area contributed by atoms with E-state index in [-0.39, 0.29) is 19.5 Å². The smallest absolute Gasteiger partial charge is 0.302 e. The van der Waals surface area contributed by atoms with Gasteiger partial charge in [-0.25, -0.2) is 4.57 Å². The summed E-state index contributed by atoms with van der Waals surface area (Å²) in [6.45, 7) is 5.09. The fourth-order valence-corrected chi connectivity index (χ4v) is 3.66. The van der Waals surface area contributed by atoms with Gasteiger partial charge in [-0.05, 0) is 12.8 Å². The maximum Gasteiger partial charge on any atom is 0.472 e. The number of unbranched alkanes of at least 4 members (excludes halogenated alkanes) is 14. The van der Waals surface area contributed by atoms with Crippen molar-refractivity contribution in [1.82, 2.24) is 0 Å². The van der Waals surface area contributed by atoms with Crippen LogP contribution in [0.15, 0.2) is 0 Å². The summed E-state index contributed by atoms with van der Waals surface area (Å²) >= 11 is 0. The third kappa shape index (κ3) is 22.8. The fourth-order valence-electron chi connectivity index (χ4n) is 2.87. The van der Waals surface area contributed by atoms with Crippen LogP contribution in [0.3, 0.4) is 0 Å². The van der Waals surface area contributed by atoms with Gasteiger partial charge >= 0.3 is 7.82 Å². The van der Waals surface area contributed by atoms with E-state index in [1.54, 1.807) is 0 Å². The van der Waals surface area contributed by atoms with E-state index in [1.165, 1.54) is 77.0 Å². The molecule has 0 atom stereocenters. The van der Waals surface area contributed by atoms with Crippen molar-refractivity contribution < 1.29 is 38.0 Å². The van der Waals surface area contributed by atoms with E-state index in [2.05, 4.69) is 13.8 Å². The Morgan fingerprint density at radius 3 is 1.15 bits per heavy atom. The van der Waals surface area contributed by atoms with Crippen molar-refractivity contribution in [2.45, 2.75) is 117 Å². The van der Waals surface area contributed by atoms with Crippen LogP contribution in [0.4, 0.5) is 0 Å². The van der Waals surface area contributed by atoms with Crippen LogP contribution in [0.5, 0.6) is 0 Å². The van der Waals surface area contributed by atoms with Gasteiger partial charge in [0.1, 0.15) is 0 Å². The van der Waals surface area contributed by atoms with E-state index in [1.807, 2.05) is 0 Å². The van der Waals surface area contributed by atoms with Gasteiger partial charge in [-0.15, -0.1) is 0 Å². The molecule has 1 N–H and O–H groups in total. The molecule has 4 nitrogen and oxygen atoms in total. The third-order valence-corrected chi connectivity index (χ3v) is 5.52. The Morgan fingerprint density at radius 1 is 0.577 bits per heavy atom. The number of phosphoric ester groups is 1. The second-order valence-corrected chi connectivity index (χ2v) is 8.54. The Balaban J connectivity index is 0. The number of phosphoric acid groups is 1. The second kappa shape index (κ2) is 22.0. The van der Waals surface area contributed by atoms with Crippen molar-refractivity contribution in [3.8, 4) is 0 Å². The topological polar surface area (TPSA) is 55.8 Å². The molecule has 0 aromatic carbocycles. The van der Waals surface area contributed by atoms with Crippen LogP contribution in [-0.2, 0) is 33.1 Å². The molecule has 0 fully saturated rings. The molecule has 0 amide bonds. The van der Waals surface area contributed by atoms with Gasteiger partial charge in [0.15, 0.2) is 0 Å². The number of hydrogen-bond donors (Lipinski definition) is 1. The zero-order valence-corrected chi connectivity index (χ0v) is 21.4. The molecule has 0 aliphatic rings. The number of hydrogen-bond acceptors (Lipinski definition) is 3. The molecular weight excluding hydrogens is 401 g/mol. The Morgan fingerprint density at radius 2 is 0.846 bits per heavy atom. The number of rotatable bonds is 20. The molecule has 0 bridgehead atoms. The minimum atomic E-state index is -3.83. The Hall–Kier alpha value is 0.733. The van der Waals surface area contributed by atoms with E-state index >= 15 is 0 Å². The summed E-state index contributed by atoms with van der Waals surface area (Å²) in [6.07, 6.45) is 19.1. The largest absolute Gasteiger partial charge is 0.472 e. The van der Waals surface area contributed by atoms with Crippen LogP contribution in [0.1, 0.15) is 117 Å². The summed E-state index contributed by atoms with van der Waals surface area (Å²) < 4.78 is 21.8. The summed E-state index contributed by atoms with van der Waals surface area (Å²) in [6, 6.07) is 0. The van der Waals surface area contributed by atoms with Crippen molar-refractivity contribution >= 4 is 7.82 Å². The SMILES string of the molecule is CCCCCCCCCCOP(=O)(O)OCCCCCCCCCC.[Zn]. The minimum absolute atomic E-state index is 0. The average Bonchev–Trinajstić information content (AvgIpc) is 2.59. The van der Waals surface area contributed by atoms with Crippen LogP contribution >= 0.6 is 7.82 Å². The first-order chi connectivity index (χ1) is 12.1. The van der Waals surface area contributed by atoms with E-state index in [0.29, 0.717) is 13.2 Å². The molecule has 0 rings (SSSR count). The van der Waals surface area contributed by atoms with Crippen molar-refractivity contribution in [2.75, 3.05) is 13.2 Å². The van der Waals surface area contributed by atoms with Crippen molar-refractivity contribution in [3.05, 3.63) is 0 Å². The molecule has 0 saturated carbocycles. The quantitative estimate of drug-likeness (QED) is 0.121. The Bertz CT molecular complexity index is 290. The zero-order valence-electron chi connectivity index (χ0n) is 17.6. The summed E-state index contributed by atoms with van der Waals surface area (Å²) in [5.41, 5.74) is 0. The van der Waals surface area contributed by atoms with Crippen molar-refractivity contribution in [2.24, 2.45) is 0 Å². The van der Waals surface area contributed by atoms with E-state index in [9.17, 15) is 9.46 Å². The van der Waals surface area contributed by atoms with Crippen molar-refractivity contribution in [1.29, 1.82) is 0 Å². The molecule has 0 aromatic rings. The molecular formula is C20H43O4PZn. The van der Waals surface area contributed by atoms with E-state index in [4.69, 9.17) is 9.05 Å². The summed E-state index contributed by atoms with van der Waals surface area (Å²) in [7, 11) is -3.83. The molecule has 0 heterocycles. The predicted octanol–water partition coefficient (Wildman–Crippen LogP) is 7.40. The van der Waals surface area contributed by atoms with Gasteiger partial charge in [0.25, 0.3) is 0 Å². The van der Waals surface area contributed by atoms with Gasteiger partial charge in [-0.2, -0.15) is 0 Å². The molecule has 0 unspecified atom stereocenters.